The first-order valence-corrected chi connectivity index (χ1v) is 14.0. The van der Waals surface area contributed by atoms with Crippen molar-refractivity contribution >= 4 is 23.5 Å². The quantitative estimate of drug-likeness (QED) is 0.184. The lowest BCUT2D eigenvalue weighted by Gasteiger charge is -2.21. The molecule has 0 bridgehead atoms. The first-order valence-electron chi connectivity index (χ1n) is 14.0. The summed E-state index contributed by atoms with van der Waals surface area (Å²) < 4.78 is 50.8. The van der Waals surface area contributed by atoms with Crippen LogP contribution in [0.25, 0.3) is 23.0 Å². The van der Waals surface area contributed by atoms with Gasteiger partial charge >= 0.3 is 12.1 Å². The fourth-order valence-electron chi connectivity index (χ4n) is 4.63. The SMILES string of the molecule is COc1ccc(CC(=O)Nc2ccc(C(=O)N(CC(=O)O)Cc3ccc(-c4nc(-c5ccccn5)no4)cc3)cc2)c(C(F)(F)F)c1. The van der Waals surface area contributed by atoms with Crippen molar-refractivity contribution in [3.05, 3.63) is 113 Å². The summed E-state index contributed by atoms with van der Waals surface area (Å²) >= 11 is 0. The third kappa shape index (κ3) is 8.16. The van der Waals surface area contributed by atoms with E-state index in [-0.39, 0.29) is 35.0 Å². The number of aromatic nitrogens is 3. The maximum absolute atomic E-state index is 13.5. The summed E-state index contributed by atoms with van der Waals surface area (Å²) in [7, 11) is 1.24. The molecule has 11 nitrogen and oxygen atoms in total. The Balaban J connectivity index is 1.24. The molecule has 14 heteroatoms. The minimum absolute atomic E-state index is 0.00927. The summed E-state index contributed by atoms with van der Waals surface area (Å²) in [6.07, 6.45) is -3.63. The van der Waals surface area contributed by atoms with Crippen LogP contribution in [0.5, 0.6) is 5.75 Å². The normalized spacial score (nSPS) is 11.1. The van der Waals surface area contributed by atoms with Crippen molar-refractivity contribution in [3.8, 4) is 28.7 Å². The molecular formula is C33H26F3N5O6. The Morgan fingerprint density at radius 3 is 2.36 bits per heavy atom. The Hall–Kier alpha value is -6.05. The number of methoxy groups -OCH3 is 1. The van der Waals surface area contributed by atoms with Gasteiger partial charge in [0.05, 0.1) is 19.1 Å². The largest absolute Gasteiger partial charge is 0.497 e. The van der Waals surface area contributed by atoms with E-state index in [9.17, 15) is 32.7 Å². The van der Waals surface area contributed by atoms with E-state index in [1.165, 1.54) is 43.5 Å². The number of alkyl halides is 3. The van der Waals surface area contributed by atoms with Crippen LogP contribution in [-0.4, -0.2) is 56.6 Å². The highest BCUT2D eigenvalue weighted by Gasteiger charge is 2.34. The molecule has 240 valence electrons. The highest BCUT2D eigenvalue weighted by Crippen LogP contribution is 2.35. The van der Waals surface area contributed by atoms with Crippen molar-refractivity contribution in [1.29, 1.82) is 0 Å². The molecule has 3 aromatic carbocycles. The van der Waals surface area contributed by atoms with E-state index < -0.39 is 42.5 Å². The Morgan fingerprint density at radius 1 is 0.979 bits per heavy atom. The average molecular weight is 646 g/mol. The number of halogens is 3. The van der Waals surface area contributed by atoms with Crippen molar-refractivity contribution < 1.29 is 41.9 Å². The molecule has 0 aliphatic rings. The summed E-state index contributed by atoms with van der Waals surface area (Å²) in [6, 6.07) is 21.0. The molecule has 0 aliphatic carbocycles. The molecule has 47 heavy (non-hydrogen) atoms. The molecule has 0 radical (unpaired) electrons. The van der Waals surface area contributed by atoms with Gasteiger partial charge in [0, 0.05) is 29.6 Å². The van der Waals surface area contributed by atoms with Crippen molar-refractivity contribution in [3.63, 3.8) is 0 Å². The number of pyridine rings is 1. The average Bonchev–Trinajstić information content (AvgIpc) is 3.55. The zero-order valence-electron chi connectivity index (χ0n) is 24.7. The van der Waals surface area contributed by atoms with Gasteiger partial charge < -0.3 is 24.6 Å². The van der Waals surface area contributed by atoms with Crippen LogP contribution in [0, 0.1) is 0 Å². The number of anilines is 1. The topological polar surface area (TPSA) is 148 Å². The van der Waals surface area contributed by atoms with E-state index >= 15 is 0 Å². The number of ether oxygens (including phenoxy) is 1. The number of carboxylic acid groups (broad SMARTS) is 1. The van der Waals surface area contributed by atoms with Crippen LogP contribution in [0.2, 0.25) is 0 Å². The van der Waals surface area contributed by atoms with Crippen LogP contribution in [0.4, 0.5) is 18.9 Å². The third-order valence-electron chi connectivity index (χ3n) is 6.90. The van der Waals surface area contributed by atoms with Crippen molar-refractivity contribution in [2.24, 2.45) is 0 Å². The number of hydrogen-bond acceptors (Lipinski definition) is 8. The molecular weight excluding hydrogens is 619 g/mol. The van der Waals surface area contributed by atoms with Crippen molar-refractivity contribution in [2.45, 2.75) is 19.1 Å². The van der Waals surface area contributed by atoms with Crippen LogP contribution >= 0.6 is 0 Å². The number of nitrogens with zero attached hydrogens (tertiary/aromatic N) is 4. The second-order valence-electron chi connectivity index (χ2n) is 10.2. The van der Waals surface area contributed by atoms with Crippen LogP contribution in [0.3, 0.4) is 0 Å². The smallest absolute Gasteiger partial charge is 0.416 e. The van der Waals surface area contributed by atoms with Crippen LogP contribution in [0.15, 0.2) is 95.6 Å². The van der Waals surface area contributed by atoms with Gasteiger partial charge in [-0.25, -0.2) is 0 Å². The highest BCUT2D eigenvalue weighted by molar-refractivity contribution is 5.97. The number of rotatable bonds is 11. The van der Waals surface area contributed by atoms with Crippen LogP contribution in [0.1, 0.15) is 27.0 Å². The molecule has 0 spiro atoms. The number of hydrogen-bond donors (Lipinski definition) is 2. The van der Waals surface area contributed by atoms with Gasteiger partial charge in [0.2, 0.25) is 11.7 Å². The zero-order chi connectivity index (χ0) is 33.6. The van der Waals surface area contributed by atoms with Crippen LogP contribution < -0.4 is 10.1 Å². The second-order valence-corrected chi connectivity index (χ2v) is 10.2. The Labute approximate surface area is 265 Å². The number of carbonyl (C=O) groups excluding carboxylic acids is 2. The second kappa shape index (κ2) is 13.9. The number of benzene rings is 3. The van der Waals surface area contributed by atoms with Crippen LogP contribution in [-0.2, 0) is 28.7 Å². The Kier molecular flexibility index (Phi) is 9.59. The summed E-state index contributed by atoms with van der Waals surface area (Å²) in [5, 5.41) is 15.9. The molecule has 0 atom stereocenters. The van der Waals surface area contributed by atoms with Gasteiger partial charge in [-0.1, -0.05) is 29.4 Å². The number of carboxylic acids is 1. The molecule has 2 amide bonds. The van der Waals surface area contributed by atoms with Gasteiger partial charge in [0.15, 0.2) is 0 Å². The molecule has 5 rings (SSSR count). The van der Waals surface area contributed by atoms with Crippen molar-refractivity contribution in [1.82, 2.24) is 20.0 Å². The third-order valence-corrected chi connectivity index (χ3v) is 6.90. The summed E-state index contributed by atoms with van der Waals surface area (Å²) in [5.74, 6) is -1.92. The first kappa shape index (κ1) is 32.3. The van der Waals surface area contributed by atoms with Gasteiger partial charge in [0.1, 0.15) is 18.0 Å². The molecule has 2 N–H and O–H groups in total. The molecule has 2 heterocycles. The Morgan fingerprint density at radius 2 is 1.72 bits per heavy atom. The van der Waals surface area contributed by atoms with Gasteiger partial charge in [-0.15, -0.1) is 0 Å². The standard InChI is InChI=1S/C33H26F3N5O6/c1-46-25-14-11-23(26(17-25)33(34,35)36)16-28(42)38-24-12-9-22(10-13-24)32(45)41(19-29(43)44)18-20-5-7-21(8-6-20)31-39-30(40-47-31)27-4-2-3-15-37-27/h2-15,17H,16,18-19H2,1H3,(H,38,42)(H,43,44). The lowest BCUT2D eigenvalue weighted by atomic mass is 10.0. The minimum atomic E-state index is -4.69. The summed E-state index contributed by atoms with van der Waals surface area (Å²) in [4.78, 5) is 47.1. The van der Waals surface area contributed by atoms with E-state index in [1.54, 1.807) is 48.7 Å². The predicted octanol–water partition coefficient (Wildman–Crippen LogP) is 5.73. The Bertz CT molecular complexity index is 1880. The fraction of sp³-hybridized carbons (Fsp3) is 0.152. The van der Waals surface area contributed by atoms with Crippen molar-refractivity contribution in [2.75, 3.05) is 19.0 Å². The number of carbonyl (C=O) groups is 3. The molecule has 2 aromatic heterocycles. The van der Waals surface area contributed by atoms with E-state index in [0.717, 1.165) is 11.0 Å². The maximum atomic E-state index is 13.5. The lowest BCUT2D eigenvalue weighted by molar-refractivity contribution is -0.139. The lowest BCUT2D eigenvalue weighted by Crippen LogP contribution is -2.35. The molecule has 0 saturated heterocycles. The molecule has 0 fully saturated rings. The predicted molar refractivity (Wildman–Crippen MR) is 162 cm³/mol. The highest BCUT2D eigenvalue weighted by atomic mass is 19.4. The molecule has 5 aromatic rings. The zero-order valence-corrected chi connectivity index (χ0v) is 24.7. The monoisotopic (exact) mass is 645 g/mol. The van der Waals surface area contributed by atoms with Gasteiger partial charge in [0.25, 0.3) is 11.8 Å². The summed E-state index contributed by atoms with van der Waals surface area (Å²) in [5.41, 5.74) is 0.957. The number of nitrogens with one attached hydrogen (secondary N) is 1. The van der Waals surface area contributed by atoms with Gasteiger partial charge in [-0.2, -0.15) is 18.2 Å². The molecule has 0 unspecified atom stereocenters. The fourth-order valence-corrected chi connectivity index (χ4v) is 4.63. The van der Waals surface area contributed by atoms with Gasteiger partial charge in [-0.3, -0.25) is 19.4 Å². The van der Waals surface area contributed by atoms with Gasteiger partial charge in [-0.05, 0) is 71.8 Å². The molecule has 0 saturated carbocycles. The van der Waals surface area contributed by atoms with E-state index in [0.29, 0.717) is 22.6 Å². The summed E-state index contributed by atoms with van der Waals surface area (Å²) in [6.45, 7) is -0.615. The maximum Gasteiger partial charge on any atom is 0.416 e. The van der Waals surface area contributed by atoms with E-state index in [4.69, 9.17) is 9.26 Å². The number of aliphatic carboxylic acids is 1. The molecule has 0 aliphatic heterocycles. The minimum Gasteiger partial charge on any atom is -0.497 e. The van der Waals surface area contributed by atoms with E-state index in [1.807, 2.05) is 0 Å². The van der Waals surface area contributed by atoms with E-state index in [2.05, 4.69) is 20.4 Å². The number of amides is 2. The first-order chi connectivity index (χ1) is 22.5.